The fraction of sp³-hybridized carbons (Fsp3) is 0.0667. The molecule has 0 fully saturated rings. The molecule has 98 valence electrons. The van der Waals surface area contributed by atoms with E-state index in [-0.39, 0.29) is 5.75 Å². The van der Waals surface area contributed by atoms with E-state index in [1.165, 1.54) is 0 Å². The Balaban J connectivity index is 2.11. The quantitative estimate of drug-likeness (QED) is 0.527. The Morgan fingerprint density at radius 2 is 1.80 bits per heavy atom. The minimum absolute atomic E-state index is 0.136. The number of aromatic hydroxyl groups is 1. The summed E-state index contributed by atoms with van der Waals surface area (Å²) in [5.41, 5.74) is 4.45. The van der Waals surface area contributed by atoms with Crippen LogP contribution in [0.25, 0.3) is 22.4 Å². The monoisotopic (exact) mass is 266 g/mol. The summed E-state index contributed by atoms with van der Waals surface area (Å²) in [7, 11) is 0. The number of aromatic nitrogens is 2. The molecule has 0 unspecified atom stereocenters. The molecule has 3 aromatic rings. The highest BCUT2D eigenvalue weighted by molar-refractivity contribution is 5.88. The maximum atomic E-state index is 9.63. The molecular weight excluding hydrogens is 256 g/mol. The first-order chi connectivity index (χ1) is 9.72. The number of nitrogens with zero attached hydrogens (tertiary/aromatic N) is 2. The van der Waals surface area contributed by atoms with Crippen molar-refractivity contribution in [2.45, 2.75) is 6.92 Å². The van der Waals surface area contributed by atoms with Gasteiger partial charge in [-0.25, -0.2) is 4.63 Å². The van der Waals surface area contributed by atoms with Gasteiger partial charge in [-0.1, -0.05) is 17.7 Å². The lowest BCUT2D eigenvalue weighted by molar-refractivity contribution is 0.290. The molecule has 0 aliphatic carbocycles. The van der Waals surface area contributed by atoms with Gasteiger partial charge in [0.1, 0.15) is 11.5 Å². The first-order valence-electron chi connectivity index (χ1n) is 6.17. The van der Waals surface area contributed by atoms with Crippen LogP contribution >= 0.6 is 0 Å². The largest absolute Gasteiger partial charge is 0.508 e. The van der Waals surface area contributed by atoms with Crippen LogP contribution in [0.1, 0.15) is 5.56 Å². The summed E-state index contributed by atoms with van der Waals surface area (Å²) in [5.74, 6) is 0.975. The van der Waals surface area contributed by atoms with Crippen molar-refractivity contribution in [1.82, 2.24) is 10.3 Å². The van der Waals surface area contributed by atoms with Gasteiger partial charge < -0.3 is 9.84 Å². The smallest absolute Gasteiger partial charge is 0.289 e. The van der Waals surface area contributed by atoms with E-state index in [1.807, 2.05) is 31.2 Å². The summed E-state index contributed by atoms with van der Waals surface area (Å²) in [6, 6.07) is 11.1. The molecule has 0 radical (unpaired) electrons. The van der Waals surface area contributed by atoms with Gasteiger partial charge in [-0.15, -0.1) is 0 Å². The van der Waals surface area contributed by atoms with Crippen molar-refractivity contribution in [3.8, 4) is 39.8 Å². The van der Waals surface area contributed by atoms with Gasteiger partial charge in [0.05, 0.1) is 0 Å². The maximum Gasteiger partial charge on any atom is 0.289 e. The van der Waals surface area contributed by atoms with Gasteiger partial charge in [-0.05, 0) is 41.0 Å². The average Bonchev–Trinajstić information content (AvgIpc) is 2.83. The van der Waals surface area contributed by atoms with Crippen LogP contribution in [-0.2, 0) is 0 Å². The molecule has 0 saturated heterocycles. The third-order valence-electron chi connectivity index (χ3n) is 3.35. The number of ether oxygens (including phenoxy) is 1. The molecule has 2 aromatic carbocycles. The minimum atomic E-state index is 0.136. The van der Waals surface area contributed by atoms with E-state index in [1.54, 1.807) is 12.1 Å². The number of benzene rings is 2. The highest BCUT2D eigenvalue weighted by Crippen LogP contribution is 2.46. The van der Waals surface area contributed by atoms with Gasteiger partial charge in [0.15, 0.2) is 5.69 Å². The fourth-order valence-electron chi connectivity index (χ4n) is 2.42. The van der Waals surface area contributed by atoms with Crippen molar-refractivity contribution in [2.24, 2.45) is 0 Å². The number of phenolic OH excluding ortho intramolecular Hbond substituents is 1. The molecule has 0 spiro atoms. The van der Waals surface area contributed by atoms with E-state index < -0.39 is 0 Å². The van der Waals surface area contributed by atoms with Crippen LogP contribution in [0.15, 0.2) is 41.0 Å². The van der Waals surface area contributed by atoms with Crippen molar-refractivity contribution in [1.29, 1.82) is 0 Å². The normalized spacial score (nSPS) is 11.8. The van der Waals surface area contributed by atoms with Crippen molar-refractivity contribution in [3.05, 3.63) is 42.0 Å². The Bertz CT molecular complexity index is 824. The highest BCUT2D eigenvalue weighted by Gasteiger charge is 2.25. The highest BCUT2D eigenvalue weighted by atomic mass is 16.6. The summed E-state index contributed by atoms with van der Waals surface area (Å²) in [5, 5.41) is 17.3. The Kier molecular flexibility index (Phi) is 2.12. The van der Waals surface area contributed by atoms with Gasteiger partial charge in [0.25, 0.3) is 5.88 Å². The SMILES string of the molecule is Cc1ccc2c(c1)-c1nonc1Oc1cc(O)ccc1-2. The van der Waals surface area contributed by atoms with E-state index in [2.05, 4.69) is 10.3 Å². The van der Waals surface area contributed by atoms with E-state index in [0.717, 1.165) is 22.3 Å². The second-order valence-electron chi connectivity index (χ2n) is 4.75. The molecule has 5 heteroatoms. The molecule has 0 atom stereocenters. The van der Waals surface area contributed by atoms with Gasteiger partial charge in [0.2, 0.25) is 0 Å². The predicted molar refractivity (Wildman–Crippen MR) is 71.6 cm³/mol. The van der Waals surface area contributed by atoms with Crippen molar-refractivity contribution in [2.75, 3.05) is 0 Å². The van der Waals surface area contributed by atoms with Crippen molar-refractivity contribution < 1.29 is 14.5 Å². The molecule has 1 aliphatic rings. The van der Waals surface area contributed by atoms with Crippen LogP contribution in [-0.4, -0.2) is 15.4 Å². The number of rotatable bonds is 0. The Morgan fingerprint density at radius 3 is 2.70 bits per heavy atom. The minimum Gasteiger partial charge on any atom is -0.508 e. The molecule has 4 rings (SSSR count). The van der Waals surface area contributed by atoms with Gasteiger partial charge in [-0.2, -0.15) is 0 Å². The molecule has 5 nitrogen and oxygen atoms in total. The Morgan fingerprint density at radius 1 is 0.950 bits per heavy atom. The lowest BCUT2D eigenvalue weighted by atomic mass is 9.96. The zero-order valence-electron chi connectivity index (χ0n) is 10.6. The molecule has 0 saturated carbocycles. The average molecular weight is 266 g/mol. The second-order valence-corrected chi connectivity index (χ2v) is 4.75. The molecule has 1 N–H and O–H groups in total. The third-order valence-corrected chi connectivity index (χ3v) is 3.35. The lowest BCUT2D eigenvalue weighted by Crippen LogP contribution is -1.86. The molecular formula is C15H10N2O3. The molecule has 0 amide bonds. The van der Waals surface area contributed by atoms with Crippen LogP contribution in [0.4, 0.5) is 0 Å². The summed E-state index contributed by atoms with van der Waals surface area (Å²) >= 11 is 0. The first kappa shape index (κ1) is 11.0. The van der Waals surface area contributed by atoms with Crippen molar-refractivity contribution >= 4 is 0 Å². The Labute approximate surface area is 114 Å². The lowest BCUT2D eigenvalue weighted by Gasteiger charge is -2.09. The molecule has 2 heterocycles. The third kappa shape index (κ3) is 1.50. The van der Waals surface area contributed by atoms with E-state index in [4.69, 9.17) is 9.37 Å². The van der Waals surface area contributed by atoms with Crippen LogP contribution < -0.4 is 4.74 Å². The number of hydrogen-bond acceptors (Lipinski definition) is 5. The van der Waals surface area contributed by atoms with Crippen LogP contribution in [0.3, 0.4) is 0 Å². The van der Waals surface area contributed by atoms with Crippen molar-refractivity contribution in [3.63, 3.8) is 0 Å². The van der Waals surface area contributed by atoms with E-state index >= 15 is 0 Å². The molecule has 0 bridgehead atoms. The number of hydrogen-bond donors (Lipinski definition) is 1. The van der Waals surface area contributed by atoms with E-state index in [9.17, 15) is 5.11 Å². The molecule has 1 aromatic heterocycles. The zero-order chi connectivity index (χ0) is 13.7. The van der Waals surface area contributed by atoms with Crippen LogP contribution in [0.5, 0.6) is 17.4 Å². The zero-order valence-corrected chi connectivity index (χ0v) is 10.6. The summed E-state index contributed by atoms with van der Waals surface area (Å²) in [6.07, 6.45) is 0. The number of aryl methyl sites for hydroxylation is 1. The first-order valence-corrected chi connectivity index (χ1v) is 6.17. The second kappa shape index (κ2) is 3.84. The van der Waals surface area contributed by atoms with Gasteiger partial charge in [0, 0.05) is 17.2 Å². The predicted octanol–water partition coefficient (Wildman–Crippen LogP) is 3.52. The summed E-state index contributed by atoms with van der Waals surface area (Å²) in [4.78, 5) is 0. The topological polar surface area (TPSA) is 68.4 Å². The fourth-order valence-corrected chi connectivity index (χ4v) is 2.42. The van der Waals surface area contributed by atoms with E-state index in [0.29, 0.717) is 17.3 Å². The Hall–Kier alpha value is -2.82. The number of fused-ring (bicyclic) bond motifs is 5. The number of phenols is 1. The van der Waals surface area contributed by atoms with Gasteiger partial charge >= 0.3 is 0 Å². The molecule has 20 heavy (non-hydrogen) atoms. The summed E-state index contributed by atoms with van der Waals surface area (Å²) in [6.45, 7) is 2.01. The van der Waals surface area contributed by atoms with Crippen LogP contribution in [0, 0.1) is 6.92 Å². The van der Waals surface area contributed by atoms with Crippen LogP contribution in [0.2, 0.25) is 0 Å². The standard InChI is InChI=1S/C15H10N2O3/c1-8-2-4-10-11-5-3-9(18)7-13(11)19-15-14(12(10)6-8)16-20-17-15/h2-7,18H,1H3. The molecule has 1 aliphatic heterocycles. The summed E-state index contributed by atoms with van der Waals surface area (Å²) < 4.78 is 10.5. The maximum absolute atomic E-state index is 9.63. The van der Waals surface area contributed by atoms with Gasteiger partial charge in [-0.3, -0.25) is 0 Å².